The standard InChI is InChI=1S/C42H74N4O2.C2H4O2/c1-3-5-7-9-11-13-15-17-19-21-23-25-27-29-31-33-41(47)45-39-37-43-35-36-44-38-40-46-42(48)34-32-30-28-26-24-22-20-18-16-14-12-10-8-6-4-2;1-2(3)4/h5-8,11-14,17-20,43-44H,3-4,9-10,15-16,21-40H2,1-2H3,(H,45,47)(H,46,48);1H3,(H,3,4). The van der Waals surface area contributed by atoms with Crippen molar-refractivity contribution in [3.8, 4) is 0 Å². The third kappa shape index (κ3) is 51.1. The Balaban J connectivity index is 0. The fraction of sp³-hybridized carbons (Fsp3) is 0.659. The maximum atomic E-state index is 12.0. The molecule has 0 aliphatic carbocycles. The molecular weight excluding hydrogens is 649 g/mol. The second kappa shape index (κ2) is 45.8. The molecule has 0 aliphatic rings. The van der Waals surface area contributed by atoms with Gasteiger partial charge in [0.15, 0.2) is 0 Å². The quantitative estimate of drug-likeness (QED) is 0.0328. The van der Waals surface area contributed by atoms with E-state index < -0.39 is 5.97 Å². The van der Waals surface area contributed by atoms with Gasteiger partial charge in [0.25, 0.3) is 5.97 Å². The zero-order chi connectivity index (χ0) is 38.4. The summed E-state index contributed by atoms with van der Waals surface area (Å²) in [6.45, 7) is 9.97. The number of carbonyl (C=O) groups is 3. The molecule has 5 N–H and O–H groups in total. The molecule has 0 saturated carbocycles. The smallest absolute Gasteiger partial charge is 0.300 e. The molecule has 0 spiro atoms. The molecule has 8 heteroatoms. The first kappa shape index (κ1) is 50.9. The zero-order valence-corrected chi connectivity index (χ0v) is 33.5. The van der Waals surface area contributed by atoms with Crippen LogP contribution < -0.4 is 21.3 Å². The van der Waals surface area contributed by atoms with E-state index in [-0.39, 0.29) is 11.8 Å². The molecule has 298 valence electrons. The van der Waals surface area contributed by atoms with E-state index >= 15 is 0 Å². The Morgan fingerprint density at radius 2 is 0.712 bits per heavy atom. The van der Waals surface area contributed by atoms with Crippen LogP contribution in [0.1, 0.15) is 149 Å². The van der Waals surface area contributed by atoms with Crippen molar-refractivity contribution < 1.29 is 19.5 Å². The van der Waals surface area contributed by atoms with Crippen molar-refractivity contribution in [2.75, 3.05) is 39.3 Å². The Bertz CT molecular complexity index is 909. The fourth-order valence-corrected chi connectivity index (χ4v) is 4.99. The molecule has 8 nitrogen and oxygen atoms in total. The maximum Gasteiger partial charge on any atom is 0.300 e. The molecule has 0 fully saturated rings. The lowest BCUT2D eigenvalue weighted by molar-refractivity contribution is -0.134. The molecule has 0 unspecified atom stereocenters. The molecule has 2 amide bonds. The van der Waals surface area contributed by atoms with Crippen LogP contribution in [0, 0.1) is 0 Å². The van der Waals surface area contributed by atoms with Gasteiger partial charge in [-0.25, -0.2) is 0 Å². The van der Waals surface area contributed by atoms with Gasteiger partial charge in [0.05, 0.1) is 0 Å². The predicted octanol–water partition coefficient (Wildman–Crippen LogP) is 9.67. The highest BCUT2D eigenvalue weighted by molar-refractivity contribution is 5.76. The van der Waals surface area contributed by atoms with E-state index in [1.165, 1.54) is 38.5 Å². The number of allylic oxidation sites excluding steroid dienone is 12. The van der Waals surface area contributed by atoms with Crippen molar-refractivity contribution in [2.45, 2.75) is 149 Å². The minimum absolute atomic E-state index is 0.158. The van der Waals surface area contributed by atoms with Gasteiger partial charge in [0, 0.05) is 59.0 Å². The van der Waals surface area contributed by atoms with Gasteiger partial charge in [-0.15, -0.1) is 0 Å². The molecule has 0 atom stereocenters. The average Bonchev–Trinajstić information content (AvgIpc) is 3.12. The highest BCUT2D eigenvalue weighted by atomic mass is 16.4. The third-order valence-electron chi connectivity index (χ3n) is 7.84. The number of unbranched alkanes of at least 4 members (excludes halogenated alkanes) is 10. The molecule has 0 aromatic rings. The minimum atomic E-state index is -0.833. The van der Waals surface area contributed by atoms with Gasteiger partial charge in [-0.1, -0.05) is 125 Å². The SMILES string of the molecule is CC(=O)O.CCC=CCC=CCC=CCCCCCCCC(=O)NCCNCCNCCNC(=O)CCCCCCCC=CCC=CCC=CCC. The Morgan fingerprint density at radius 3 is 1.08 bits per heavy atom. The van der Waals surface area contributed by atoms with Crippen LogP contribution in [0.25, 0.3) is 0 Å². The first-order valence-corrected chi connectivity index (χ1v) is 20.5. The summed E-state index contributed by atoms with van der Waals surface area (Å²) in [6.07, 6.45) is 48.4. The summed E-state index contributed by atoms with van der Waals surface area (Å²) in [5.74, 6) is -0.518. The van der Waals surface area contributed by atoms with E-state index in [4.69, 9.17) is 9.90 Å². The first-order chi connectivity index (χ1) is 25.4. The van der Waals surface area contributed by atoms with Gasteiger partial charge >= 0.3 is 0 Å². The fourth-order valence-electron chi connectivity index (χ4n) is 4.99. The molecule has 0 saturated heterocycles. The third-order valence-corrected chi connectivity index (χ3v) is 7.84. The minimum Gasteiger partial charge on any atom is -0.481 e. The Kier molecular flexibility index (Phi) is 44.8. The number of rotatable bonds is 35. The summed E-state index contributed by atoms with van der Waals surface area (Å²) < 4.78 is 0. The molecule has 52 heavy (non-hydrogen) atoms. The Labute approximate surface area is 319 Å². The van der Waals surface area contributed by atoms with Gasteiger partial charge in [-0.2, -0.15) is 0 Å². The van der Waals surface area contributed by atoms with Crippen LogP contribution >= 0.6 is 0 Å². The number of aliphatic carboxylic acids is 1. The molecule has 0 aromatic heterocycles. The van der Waals surface area contributed by atoms with E-state index in [9.17, 15) is 9.59 Å². The second-order valence-electron chi connectivity index (χ2n) is 12.9. The largest absolute Gasteiger partial charge is 0.481 e. The number of carboxylic acids is 1. The van der Waals surface area contributed by atoms with Crippen LogP contribution in [-0.2, 0) is 14.4 Å². The number of carboxylic acid groups (broad SMARTS) is 1. The van der Waals surface area contributed by atoms with E-state index in [1.807, 2.05) is 0 Å². The summed E-state index contributed by atoms with van der Waals surface area (Å²) in [7, 11) is 0. The van der Waals surface area contributed by atoms with Crippen LogP contribution in [0.5, 0.6) is 0 Å². The number of hydrogen-bond acceptors (Lipinski definition) is 5. The van der Waals surface area contributed by atoms with E-state index in [0.717, 1.165) is 110 Å². The normalized spacial score (nSPS) is 11.8. The molecule has 0 rings (SSSR count). The number of amides is 2. The van der Waals surface area contributed by atoms with Gasteiger partial charge in [-0.05, 0) is 77.0 Å². The predicted molar refractivity (Wildman–Crippen MR) is 224 cm³/mol. The van der Waals surface area contributed by atoms with Crippen LogP contribution in [0.2, 0.25) is 0 Å². The van der Waals surface area contributed by atoms with Gasteiger partial charge in [0.2, 0.25) is 11.8 Å². The molecular formula is C44H78N4O4. The molecule has 0 bridgehead atoms. The lowest BCUT2D eigenvalue weighted by Crippen LogP contribution is -2.37. The summed E-state index contributed by atoms with van der Waals surface area (Å²) in [5, 5.41) is 20.1. The monoisotopic (exact) mass is 727 g/mol. The highest BCUT2D eigenvalue weighted by Crippen LogP contribution is 2.09. The van der Waals surface area contributed by atoms with Gasteiger partial charge in [-0.3, -0.25) is 14.4 Å². The first-order valence-electron chi connectivity index (χ1n) is 20.5. The Hall–Kier alpha value is -3.23. The summed E-state index contributed by atoms with van der Waals surface area (Å²) in [4.78, 5) is 33.1. The van der Waals surface area contributed by atoms with Crippen LogP contribution in [0.3, 0.4) is 0 Å². The van der Waals surface area contributed by atoms with Crippen molar-refractivity contribution in [3.63, 3.8) is 0 Å². The van der Waals surface area contributed by atoms with Crippen LogP contribution in [-0.4, -0.2) is 62.2 Å². The van der Waals surface area contributed by atoms with Crippen molar-refractivity contribution >= 4 is 17.8 Å². The van der Waals surface area contributed by atoms with E-state index in [0.29, 0.717) is 25.9 Å². The van der Waals surface area contributed by atoms with E-state index in [2.05, 4.69) is 108 Å². The van der Waals surface area contributed by atoms with Crippen molar-refractivity contribution in [2.24, 2.45) is 0 Å². The topological polar surface area (TPSA) is 120 Å². The van der Waals surface area contributed by atoms with Crippen molar-refractivity contribution in [1.82, 2.24) is 21.3 Å². The molecule has 0 aliphatic heterocycles. The highest BCUT2D eigenvalue weighted by Gasteiger charge is 2.01. The van der Waals surface area contributed by atoms with Gasteiger partial charge in [0.1, 0.15) is 0 Å². The number of nitrogens with one attached hydrogen (secondary N) is 4. The van der Waals surface area contributed by atoms with Crippen molar-refractivity contribution in [3.05, 3.63) is 72.9 Å². The average molecular weight is 727 g/mol. The van der Waals surface area contributed by atoms with Crippen LogP contribution in [0.4, 0.5) is 0 Å². The zero-order valence-electron chi connectivity index (χ0n) is 33.5. The summed E-state index contributed by atoms with van der Waals surface area (Å²) in [6, 6.07) is 0. The molecule has 0 aromatic carbocycles. The number of hydrogen-bond donors (Lipinski definition) is 5. The number of carbonyl (C=O) groups excluding carboxylic acids is 2. The van der Waals surface area contributed by atoms with Gasteiger partial charge < -0.3 is 26.4 Å². The molecule has 0 heterocycles. The second-order valence-corrected chi connectivity index (χ2v) is 12.9. The maximum absolute atomic E-state index is 12.0. The molecule has 0 radical (unpaired) electrons. The summed E-state index contributed by atoms with van der Waals surface area (Å²) in [5.41, 5.74) is 0. The Morgan fingerprint density at radius 1 is 0.423 bits per heavy atom. The van der Waals surface area contributed by atoms with E-state index in [1.54, 1.807) is 0 Å². The van der Waals surface area contributed by atoms with Crippen LogP contribution in [0.15, 0.2) is 72.9 Å². The lowest BCUT2D eigenvalue weighted by Gasteiger charge is -2.09. The summed E-state index contributed by atoms with van der Waals surface area (Å²) >= 11 is 0. The lowest BCUT2D eigenvalue weighted by atomic mass is 10.1. The van der Waals surface area contributed by atoms with Crippen molar-refractivity contribution in [1.29, 1.82) is 0 Å².